The molecule has 0 unspecified atom stereocenters. The zero-order valence-corrected chi connectivity index (χ0v) is 28.3. The predicted molar refractivity (Wildman–Crippen MR) is 178 cm³/mol. The molecule has 2 heterocycles. The molecule has 0 radical (unpaired) electrons. The first-order valence-corrected chi connectivity index (χ1v) is 16.1. The van der Waals surface area contributed by atoms with E-state index in [1.807, 2.05) is 13.8 Å². The van der Waals surface area contributed by atoms with Crippen molar-refractivity contribution in [2.75, 3.05) is 23.8 Å². The van der Waals surface area contributed by atoms with Gasteiger partial charge in [0.05, 0.1) is 46.7 Å². The smallest absolute Gasteiger partial charge is 0.408 e. The number of amides is 3. The first kappa shape index (κ1) is 35.1. The zero-order chi connectivity index (χ0) is 34.7. The van der Waals surface area contributed by atoms with Crippen molar-refractivity contribution in [3.8, 4) is 5.75 Å². The van der Waals surface area contributed by atoms with Gasteiger partial charge in [0.15, 0.2) is 5.79 Å². The molecular weight excluding hydrogens is 643 g/mol. The molecule has 3 N–H and O–H groups in total. The molecule has 1 aliphatic carbocycles. The molecule has 1 spiro atoms. The number of nitrogens with zero attached hydrogens (tertiary/aromatic N) is 1. The number of rotatable bonds is 8. The minimum atomic E-state index is -0.907. The zero-order valence-electron chi connectivity index (χ0n) is 27.6. The number of hydrogen-bond acceptors (Lipinski definition) is 8. The van der Waals surface area contributed by atoms with Gasteiger partial charge >= 0.3 is 6.09 Å². The maximum atomic E-state index is 14.3. The van der Waals surface area contributed by atoms with E-state index >= 15 is 0 Å². The van der Waals surface area contributed by atoms with Crippen LogP contribution in [-0.2, 0) is 19.7 Å². The number of halogens is 2. The van der Waals surface area contributed by atoms with Gasteiger partial charge in [-0.25, -0.2) is 14.2 Å². The van der Waals surface area contributed by atoms with Crippen molar-refractivity contribution >= 4 is 41.0 Å². The molecule has 0 atom stereocenters. The highest BCUT2D eigenvalue weighted by molar-refractivity contribution is 6.30. The molecule has 11 nitrogen and oxygen atoms in total. The second kappa shape index (κ2) is 14.1. The molecule has 1 saturated carbocycles. The maximum absolute atomic E-state index is 14.3. The molecule has 2 aromatic carbocycles. The van der Waals surface area contributed by atoms with E-state index < -0.39 is 40.7 Å². The molecule has 13 heteroatoms. The average Bonchev–Trinajstić information content (AvgIpc) is 3.47. The Hall–Kier alpha value is -4.26. The summed E-state index contributed by atoms with van der Waals surface area (Å²) in [5, 5.41) is 8.60. The van der Waals surface area contributed by atoms with Crippen LogP contribution < -0.4 is 20.7 Å². The largest absolute Gasteiger partial charge is 0.490 e. The average molecular weight is 683 g/mol. The number of ether oxygens (including phenoxy) is 4. The Morgan fingerprint density at radius 2 is 1.60 bits per heavy atom. The molecular formula is C35H40ClFN4O7. The van der Waals surface area contributed by atoms with Gasteiger partial charge in [-0.05, 0) is 95.5 Å². The number of alkyl carbamates (subject to hydrolysis) is 1. The van der Waals surface area contributed by atoms with E-state index in [1.165, 1.54) is 18.3 Å². The SMILES string of the molecule is CC(C)(C)OC(=O)NC(C)(C)c1ccc(C(=O)Nc2ccc(F)cc2C(=O)Nc2ccc(Cl)cn2)c(OC2CCC3(CC2)OCCO3)c1. The van der Waals surface area contributed by atoms with E-state index in [4.69, 9.17) is 30.5 Å². The first-order valence-electron chi connectivity index (χ1n) is 15.8. The number of anilines is 2. The van der Waals surface area contributed by atoms with Crippen LogP contribution in [0.5, 0.6) is 5.75 Å². The van der Waals surface area contributed by atoms with Gasteiger partial charge in [-0.3, -0.25) is 9.59 Å². The summed E-state index contributed by atoms with van der Waals surface area (Å²) in [4.78, 5) is 43.7. The van der Waals surface area contributed by atoms with Gasteiger partial charge in [-0.15, -0.1) is 0 Å². The standard InChI is InChI=1S/C35H40ClFN4O7/c1-33(2,3)48-32(44)41-34(4,5)21-6-9-25(28(18-21)47-24-12-14-35(15-13-24)45-16-17-46-35)30(42)39-27-10-8-23(37)19-26(27)31(43)40-29-11-7-22(36)20-38-29/h6-11,18-20,24H,12-17H2,1-5H3,(H,39,42)(H,41,44)(H,38,40,43). The molecule has 1 aliphatic heterocycles. The van der Waals surface area contributed by atoms with Gasteiger partial charge in [0, 0.05) is 19.0 Å². The second-order valence-corrected chi connectivity index (χ2v) is 13.8. The summed E-state index contributed by atoms with van der Waals surface area (Å²) in [5.74, 6) is -2.06. The van der Waals surface area contributed by atoms with Gasteiger partial charge in [-0.1, -0.05) is 17.7 Å². The Morgan fingerprint density at radius 3 is 2.25 bits per heavy atom. The van der Waals surface area contributed by atoms with Crippen LogP contribution in [-0.4, -0.2) is 53.6 Å². The van der Waals surface area contributed by atoms with Gasteiger partial charge in [0.1, 0.15) is 23.0 Å². The Kier molecular flexibility index (Phi) is 10.3. The van der Waals surface area contributed by atoms with Gasteiger partial charge < -0.3 is 34.9 Å². The fourth-order valence-electron chi connectivity index (χ4n) is 5.58. The topological polar surface area (TPSA) is 137 Å². The molecule has 0 bridgehead atoms. The first-order chi connectivity index (χ1) is 22.6. The minimum Gasteiger partial charge on any atom is -0.490 e. The van der Waals surface area contributed by atoms with Crippen LogP contribution in [0.4, 0.5) is 20.7 Å². The van der Waals surface area contributed by atoms with Crippen molar-refractivity contribution in [1.29, 1.82) is 0 Å². The van der Waals surface area contributed by atoms with Crippen molar-refractivity contribution in [1.82, 2.24) is 10.3 Å². The Balaban J connectivity index is 1.41. The van der Waals surface area contributed by atoms with Gasteiger partial charge in [0.25, 0.3) is 11.8 Å². The van der Waals surface area contributed by atoms with Crippen LogP contribution in [0.1, 0.15) is 86.6 Å². The van der Waals surface area contributed by atoms with Gasteiger partial charge in [0.2, 0.25) is 0 Å². The van der Waals surface area contributed by atoms with Crippen LogP contribution in [0.2, 0.25) is 5.02 Å². The Morgan fingerprint density at radius 1 is 0.917 bits per heavy atom. The number of carbonyl (C=O) groups excluding carboxylic acids is 3. The molecule has 3 aromatic rings. The summed E-state index contributed by atoms with van der Waals surface area (Å²) >= 11 is 5.89. The van der Waals surface area contributed by atoms with Crippen molar-refractivity contribution in [3.05, 3.63) is 82.3 Å². The van der Waals surface area contributed by atoms with Crippen LogP contribution in [0, 0.1) is 5.82 Å². The van der Waals surface area contributed by atoms with Crippen molar-refractivity contribution in [3.63, 3.8) is 0 Å². The van der Waals surface area contributed by atoms with E-state index in [2.05, 4.69) is 20.9 Å². The fraction of sp³-hybridized carbons (Fsp3) is 0.429. The number of benzene rings is 2. The Bertz CT molecular complexity index is 1660. The highest BCUT2D eigenvalue weighted by Crippen LogP contribution is 2.38. The number of nitrogens with one attached hydrogen (secondary N) is 3. The summed E-state index contributed by atoms with van der Waals surface area (Å²) in [6, 6.07) is 11.5. The lowest BCUT2D eigenvalue weighted by atomic mass is 9.91. The summed E-state index contributed by atoms with van der Waals surface area (Å²) in [6.07, 6.45) is 3.06. The monoisotopic (exact) mass is 682 g/mol. The lowest BCUT2D eigenvalue weighted by molar-refractivity contribution is -0.186. The Labute approximate surface area is 283 Å². The maximum Gasteiger partial charge on any atom is 0.408 e. The summed E-state index contributed by atoms with van der Waals surface area (Å²) in [5.41, 5.74) is -0.804. The van der Waals surface area contributed by atoms with E-state index in [9.17, 15) is 18.8 Å². The predicted octanol–water partition coefficient (Wildman–Crippen LogP) is 7.20. The summed E-state index contributed by atoms with van der Waals surface area (Å²) < 4.78 is 38.0. The van der Waals surface area contributed by atoms with Crippen LogP contribution in [0.3, 0.4) is 0 Å². The third-order valence-electron chi connectivity index (χ3n) is 8.01. The van der Waals surface area contributed by atoms with Crippen LogP contribution in [0.15, 0.2) is 54.7 Å². The molecule has 256 valence electrons. The quantitative estimate of drug-likeness (QED) is 0.227. The minimum absolute atomic E-state index is 0.0740. The highest BCUT2D eigenvalue weighted by Gasteiger charge is 2.41. The molecule has 5 rings (SSSR count). The summed E-state index contributed by atoms with van der Waals surface area (Å²) in [6.45, 7) is 10.1. The van der Waals surface area contributed by atoms with E-state index in [1.54, 1.807) is 45.0 Å². The van der Waals surface area contributed by atoms with E-state index in [0.717, 1.165) is 12.1 Å². The number of aromatic nitrogens is 1. The number of pyridine rings is 1. The highest BCUT2D eigenvalue weighted by atomic mass is 35.5. The van der Waals surface area contributed by atoms with Crippen molar-refractivity contribution in [2.24, 2.45) is 0 Å². The summed E-state index contributed by atoms with van der Waals surface area (Å²) in [7, 11) is 0. The second-order valence-electron chi connectivity index (χ2n) is 13.3. The number of carbonyl (C=O) groups is 3. The van der Waals surface area contributed by atoms with E-state index in [0.29, 0.717) is 49.5 Å². The molecule has 1 saturated heterocycles. The van der Waals surface area contributed by atoms with Crippen LogP contribution in [0.25, 0.3) is 0 Å². The third kappa shape index (κ3) is 8.80. The number of hydrogen-bond donors (Lipinski definition) is 3. The molecule has 2 fully saturated rings. The van der Waals surface area contributed by atoms with Crippen molar-refractivity contribution < 1.29 is 37.7 Å². The molecule has 3 amide bonds. The van der Waals surface area contributed by atoms with Gasteiger partial charge in [-0.2, -0.15) is 0 Å². The molecule has 2 aliphatic rings. The fourth-order valence-corrected chi connectivity index (χ4v) is 5.69. The van der Waals surface area contributed by atoms with Crippen LogP contribution >= 0.6 is 11.6 Å². The lowest BCUT2D eigenvalue weighted by Gasteiger charge is -2.36. The molecule has 1 aromatic heterocycles. The van der Waals surface area contributed by atoms with Crippen molar-refractivity contribution in [2.45, 2.75) is 83.3 Å². The normalized spacial score (nSPS) is 16.3. The van der Waals surface area contributed by atoms with E-state index in [-0.39, 0.29) is 34.5 Å². The lowest BCUT2D eigenvalue weighted by Crippen LogP contribution is -2.43. The molecule has 48 heavy (non-hydrogen) atoms. The third-order valence-corrected chi connectivity index (χ3v) is 8.23.